The molecule has 2 amide bonds. The van der Waals surface area contributed by atoms with Crippen LogP contribution in [0.25, 0.3) is 0 Å². The molecule has 4 atom stereocenters. The summed E-state index contributed by atoms with van der Waals surface area (Å²) in [6, 6.07) is 6.23. The van der Waals surface area contributed by atoms with E-state index < -0.39 is 0 Å². The van der Waals surface area contributed by atoms with Crippen LogP contribution in [0.4, 0.5) is 10.5 Å². The summed E-state index contributed by atoms with van der Waals surface area (Å²) in [7, 11) is 0. The zero-order valence-corrected chi connectivity index (χ0v) is 13.3. The molecule has 3 heteroatoms. The maximum absolute atomic E-state index is 12.2. The first-order chi connectivity index (χ1) is 10.0. The molecule has 4 unspecified atom stereocenters. The van der Waals surface area contributed by atoms with Gasteiger partial charge in [-0.25, -0.2) is 4.79 Å². The summed E-state index contributed by atoms with van der Waals surface area (Å²) in [5.74, 6) is 2.44. The lowest BCUT2D eigenvalue weighted by Crippen LogP contribution is -2.42. The SMILES string of the molecule is Cc1ccc(NC(=O)NC(C)C2CC3CCC2C3)cc1C. The number of carbonyl (C=O) groups is 1. The molecule has 3 rings (SSSR count). The first-order valence-electron chi connectivity index (χ1n) is 8.17. The minimum Gasteiger partial charge on any atom is -0.335 e. The van der Waals surface area contributed by atoms with Crippen LogP contribution in [-0.4, -0.2) is 12.1 Å². The molecule has 1 aromatic carbocycles. The predicted octanol–water partition coefficient (Wildman–Crippen LogP) is 4.25. The lowest BCUT2D eigenvalue weighted by atomic mass is 9.84. The van der Waals surface area contributed by atoms with Gasteiger partial charge in [-0.2, -0.15) is 0 Å². The van der Waals surface area contributed by atoms with E-state index in [4.69, 9.17) is 0 Å². The minimum absolute atomic E-state index is 0.0754. The van der Waals surface area contributed by atoms with E-state index in [1.807, 2.05) is 18.2 Å². The summed E-state index contributed by atoms with van der Waals surface area (Å²) in [6.07, 6.45) is 5.45. The summed E-state index contributed by atoms with van der Waals surface area (Å²) in [5, 5.41) is 6.10. The number of fused-ring (bicyclic) bond motifs is 2. The molecule has 2 aliphatic carbocycles. The summed E-state index contributed by atoms with van der Waals surface area (Å²) in [5.41, 5.74) is 3.32. The Balaban J connectivity index is 1.55. The number of carbonyl (C=O) groups excluding carboxylic acids is 1. The number of amides is 2. The zero-order chi connectivity index (χ0) is 15.0. The number of hydrogen-bond donors (Lipinski definition) is 2. The van der Waals surface area contributed by atoms with Crippen molar-refractivity contribution in [2.24, 2.45) is 17.8 Å². The fourth-order valence-corrected chi connectivity index (χ4v) is 4.21. The van der Waals surface area contributed by atoms with Gasteiger partial charge in [0, 0.05) is 11.7 Å². The Labute approximate surface area is 127 Å². The zero-order valence-electron chi connectivity index (χ0n) is 13.3. The average Bonchev–Trinajstić information content (AvgIpc) is 3.05. The Morgan fingerprint density at radius 3 is 2.62 bits per heavy atom. The van der Waals surface area contributed by atoms with Crippen molar-refractivity contribution in [2.45, 2.75) is 52.5 Å². The van der Waals surface area contributed by atoms with Gasteiger partial charge < -0.3 is 10.6 Å². The van der Waals surface area contributed by atoms with Gasteiger partial charge in [0.15, 0.2) is 0 Å². The van der Waals surface area contributed by atoms with Crippen molar-refractivity contribution in [3.8, 4) is 0 Å². The second kappa shape index (κ2) is 5.70. The number of aryl methyl sites for hydroxylation is 2. The van der Waals surface area contributed by atoms with Crippen molar-refractivity contribution in [3.63, 3.8) is 0 Å². The summed E-state index contributed by atoms with van der Waals surface area (Å²) >= 11 is 0. The van der Waals surface area contributed by atoms with Crippen molar-refractivity contribution in [1.82, 2.24) is 5.32 Å². The fourth-order valence-electron chi connectivity index (χ4n) is 4.21. The van der Waals surface area contributed by atoms with Crippen LogP contribution < -0.4 is 10.6 Å². The maximum Gasteiger partial charge on any atom is 0.319 e. The second-order valence-corrected chi connectivity index (χ2v) is 7.02. The molecule has 2 aliphatic rings. The molecule has 2 bridgehead atoms. The van der Waals surface area contributed by atoms with Crippen LogP contribution in [0.2, 0.25) is 0 Å². The van der Waals surface area contributed by atoms with Crippen LogP contribution in [0, 0.1) is 31.6 Å². The third kappa shape index (κ3) is 3.07. The van der Waals surface area contributed by atoms with E-state index in [0.29, 0.717) is 5.92 Å². The van der Waals surface area contributed by atoms with Gasteiger partial charge in [-0.15, -0.1) is 0 Å². The van der Waals surface area contributed by atoms with E-state index in [0.717, 1.165) is 17.5 Å². The Bertz CT molecular complexity index is 540. The number of urea groups is 1. The van der Waals surface area contributed by atoms with Gasteiger partial charge in [-0.1, -0.05) is 12.5 Å². The van der Waals surface area contributed by atoms with Crippen molar-refractivity contribution in [2.75, 3.05) is 5.32 Å². The third-order valence-electron chi connectivity index (χ3n) is 5.56. The standard InChI is InChI=1S/C18H26N2O/c1-11-4-7-16(8-12(11)2)20-18(21)19-13(3)17-10-14-5-6-15(17)9-14/h4,7-8,13-15,17H,5-6,9-10H2,1-3H3,(H2,19,20,21). The molecule has 0 aromatic heterocycles. The van der Waals surface area contributed by atoms with Crippen LogP contribution in [0.3, 0.4) is 0 Å². The van der Waals surface area contributed by atoms with Crippen molar-refractivity contribution in [1.29, 1.82) is 0 Å². The van der Waals surface area contributed by atoms with Crippen molar-refractivity contribution in [3.05, 3.63) is 29.3 Å². The smallest absolute Gasteiger partial charge is 0.319 e. The van der Waals surface area contributed by atoms with Gasteiger partial charge in [0.1, 0.15) is 0 Å². The molecule has 114 valence electrons. The lowest BCUT2D eigenvalue weighted by molar-refractivity contribution is 0.230. The van der Waals surface area contributed by atoms with E-state index in [9.17, 15) is 4.79 Å². The van der Waals surface area contributed by atoms with Crippen LogP contribution in [-0.2, 0) is 0 Å². The molecule has 0 heterocycles. The molecule has 21 heavy (non-hydrogen) atoms. The lowest BCUT2D eigenvalue weighted by Gasteiger charge is -2.28. The quantitative estimate of drug-likeness (QED) is 0.857. The number of rotatable bonds is 3. The number of nitrogens with one attached hydrogen (secondary N) is 2. The molecular weight excluding hydrogens is 260 g/mol. The van der Waals surface area contributed by atoms with Crippen molar-refractivity contribution >= 4 is 11.7 Å². The van der Waals surface area contributed by atoms with Crippen LogP contribution in [0.15, 0.2) is 18.2 Å². The molecule has 0 radical (unpaired) electrons. The summed E-state index contributed by atoms with van der Waals surface area (Å²) in [4.78, 5) is 12.2. The maximum atomic E-state index is 12.2. The highest BCUT2D eigenvalue weighted by molar-refractivity contribution is 5.89. The third-order valence-corrected chi connectivity index (χ3v) is 5.56. The largest absolute Gasteiger partial charge is 0.335 e. The molecule has 2 N–H and O–H groups in total. The van der Waals surface area contributed by atoms with Crippen LogP contribution in [0.1, 0.15) is 43.7 Å². The van der Waals surface area contributed by atoms with Crippen LogP contribution in [0.5, 0.6) is 0 Å². The van der Waals surface area contributed by atoms with Crippen molar-refractivity contribution < 1.29 is 4.79 Å². The highest BCUT2D eigenvalue weighted by atomic mass is 16.2. The number of benzene rings is 1. The molecule has 0 aliphatic heterocycles. The monoisotopic (exact) mass is 286 g/mol. The van der Waals surface area contributed by atoms with E-state index in [1.54, 1.807) is 0 Å². The summed E-state index contributed by atoms with van der Waals surface area (Å²) in [6.45, 7) is 6.30. The first-order valence-corrected chi connectivity index (χ1v) is 8.17. The molecule has 0 spiro atoms. The molecule has 2 fully saturated rings. The number of hydrogen-bond acceptors (Lipinski definition) is 1. The van der Waals surface area contributed by atoms with Crippen LogP contribution >= 0.6 is 0 Å². The Hall–Kier alpha value is -1.51. The van der Waals surface area contributed by atoms with Gasteiger partial charge in [0.25, 0.3) is 0 Å². The van der Waals surface area contributed by atoms with E-state index >= 15 is 0 Å². The molecular formula is C18H26N2O. The van der Waals surface area contributed by atoms with Gasteiger partial charge in [-0.05, 0) is 81.0 Å². The highest BCUT2D eigenvalue weighted by Gasteiger charge is 2.42. The van der Waals surface area contributed by atoms with Gasteiger partial charge >= 0.3 is 6.03 Å². The second-order valence-electron chi connectivity index (χ2n) is 7.02. The average molecular weight is 286 g/mol. The fraction of sp³-hybridized carbons (Fsp3) is 0.611. The number of anilines is 1. The molecule has 0 saturated heterocycles. The molecule has 2 saturated carbocycles. The Kier molecular flexibility index (Phi) is 3.92. The summed E-state index contributed by atoms with van der Waals surface area (Å²) < 4.78 is 0. The van der Waals surface area contributed by atoms with Gasteiger partial charge in [0.2, 0.25) is 0 Å². The predicted molar refractivity (Wildman–Crippen MR) is 86.5 cm³/mol. The molecule has 3 nitrogen and oxygen atoms in total. The normalized spacial score (nSPS) is 28.4. The van der Waals surface area contributed by atoms with E-state index in [1.165, 1.54) is 36.8 Å². The molecule has 1 aromatic rings. The van der Waals surface area contributed by atoms with Gasteiger partial charge in [-0.3, -0.25) is 0 Å². The Morgan fingerprint density at radius 2 is 2.00 bits per heavy atom. The highest BCUT2D eigenvalue weighted by Crippen LogP contribution is 2.49. The Morgan fingerprint density at radius 1 is 1.19 bits per heavy atom. The topological polar surface area (TPSA) is 41.1 Å². The van der Waals surface area contributed by atoms with Gasteiger partial charge in [0.05, 0.1) is 0 Å². The van der Waals surface area contributed by atoms with E-state index in [-0.39, 0.29) is 12.1 Å². The van der Waals surface area contributed by atoms with E-state index in [2.05, 4.69) is 31.4 Å². The minimum atomic E-state index is -0.0754. The first kappa shape index (κ1) is 14.4.